The van der Waals surface area contributed by atoms with E-state index in [0.29, 0.717) is 22.7 Å². The van der Waals surface area contributed by atoms with E-state index in [1.165, 1.54) is 18.9 Å². The molecule has 0 N–H and O–H groups in total. The van der Waals surface area contributed by atoms with Crippen molar-refractivity contribution in [1.29, 1.82) is 0 Å². The largest absolute Gasteiger partial charge is 0.493 e. The van der Waals surface area contributed by atoms with Crippen LogP contribution in [-0.2, 0) is 9.47 Å². The van der Waals surface area contributed by atoms with Gasteiger partial charge in [0.15, 0.2) is 17.2 Å². The molecule has 0 bridgehead atoms. The predicted molar refractivity (Wildman–Crippen MR) is 114 cm³/mol. The zero-order chi connectivity index (χ0) is 22.5. The Balaban J connectivity index is 2.31. The lowest BCUT2D eigenvalue weighted by atomic mass is 10.0. The maximum absolute atomic E-state index is 12.7. The lowest BCUT2D eigenvalue weighted by molar-refractivity contribution is 0.0549. The van der Waals surface area contributed by atoms with Crippen molar-refractivity contribution in [2.75, 3.05) is 21.3 Å². The average molecular weight is 424 g/mol. The Morgan fingerprint density at radius 3 is 2.16 bits per heavy atom. The maximum atomic E-state index is 12.7. The van der Waals surface area contributed by atoms with Gasteiger partial charge in [-0.3, -0.25) is 0 Å². The second-order valence-electron chi connectivity index (χ2n) is 6.83. The van der Waals surface area contributed by atoms with Gasteiger partial charge in [-0.2, -0.15) is 5.10 Å². The van der Waals surface area contributed by atoms with E-state index in [-0.39, 0.29) is 23.1 Å². The molecule has 0 unspecified atom stereocenters. The van der Waals surface area contributed by atoms with Crippen molar-refractivity contribution >= 4 is 11.9 Å². The summed E-state index contributed by atoms with van der Waals surface area (Å²) in [5.74, 6) is -0.401. The number of para-hydroxylation sites is 1. The number of benzene rings is 2. The number of esters is 2. The second-order valence-corrected chi connectivity index (χ2v) is 6.83. The first-order valence-electron chi connectivity index (χ1n) is 9.61. The summed E-state index contributed by atoms with van der Waals surface area (Å²) in [4.78, 5) is 25.4. The highest BCUT2D eigenvalue weighted by molar-refractivity contribution is 6.06. The SMILES string of the molecule is COC(=O)c1c(-c2ccc(OC)c(OC(C)C)c2)nn(-c2ccccc2)c1C(=O)OC. The molecule has 162 valence electrons. The highest BCUT2D eigenvalue weighted by Gasteiger charge is 2.31. The summed E-state index contributed by atoms with van der Waals surface area (Å²) in [6, 6.07) is 14.1. The lowest BCUT2D eigenvalue weighted by Gasteiger charge is -2.14. The van der Waals surface area contributed by atoms with Crippen molar-refractivity contribution in [2.45, 2.75) is 20.0 Å². The van der Waals surface area contributed by atoms with E-state index in [2.05, 4.69) is 5.10 Å². The molecule has 3 aromatic rings. The Bertz CT molecular complexity index is 1090. The minimum absolute atomic E-state index is 0.00105. The second kappa shape index (κ2) is 9.34. The molecule has 0 saturated carbocycles. The monoisotopic (exact) mass is 424 g/mol. The summed E-state index contributed by atoms with van der Waals surface area (Å²) in [5.41, 5.74) is 1.37. The Hall–Kier alpha value is -3.81. The molecule has 0 aliphatic rings. The molecule has 8 heteroatoms. The molecule has 0 aliphatic carbocycles. The third kappa shape index (κ3) is 4.37. The molecule has 0 saturated heterocycles. The third-order valence-electron chi connectivity index (χ3n) is 4.45. The van der Waals surface area contributed by atoms with E-state index < -0.39 is 11.9 Å². The van der Waals surface area contributed by atoms with Gasteiger partial charge in [-0.15, -0.1) is 0 Å². The van der Waals surface area contributed by atoms with Crippen molar-refractivity contribution in [3.63, 3.8) is 0 Å². The van der Waals surface area contributed by atoms with E-state index in [4.69, 9.17) is 18.9 Å². The zero-order valence-electron chi connectivity index (χ0n) is 18.0. The predicted octanol–water partition coefficient (Wildman–Crippen LogP) is 3.91. The Morgan fingerprint density at radius 1 is 0.903 bits per heavy atom. The van der Waals surface area contributed by atoms with E-state index in [1.807, 2.05) is 19.9 Å². The fraction of sp³-hybridized carbons (Fsp3) is 0.261. The summed E-state index contributed by atoms with van der Waals surface area (Å²) in [6.45, 7) is 3.79. The molecule has 3 rings (SSSR count). The molecule has 0 atom stereocenters. The number of hydrogen-bond donors (Lipinski definition) is 0. The van der Waals surface area contributed by atoms with Crippen molar-refractivity contribution in [1.82, 2.24) is 9.78 Å². The molecule has 8 nitrogen and oxygen atoms in total. The molecule has 31 heavy (non-hydrogen) atoms. The van der Waals surface area contributed by atoms with Crippen LogP contribution in [-0.4, -0.2) is 49.2 Å². The van der Waals surface area contributed by atoms with Crippen molar-refractivity contribution in [3.8, 4) is 28.4 Å². The van der Waals surface area contributed by atoms with Crippen LogP contribution in [0.25, 0.3) is 16.9 Å². The van der Waals surface area contributed by atoms with Crippen LogP contribution in [0, 0.1) is 0 Å². The fourth-order valence-corrected chi connectivity index (χ4v) is 3.13. The first-order valence-corrected chi connectivity index (χ1v) is 9.61. The summed E-state index contributed by atoms with van der Waals surface area (Å²) >= 11 is 0. The topological polar surface area (TPSA) is 88.9 Å². The molecule has 0 amide bonds. The molecular formula is C23H24N2O6. The smallest absolute Gasteiger partial charge is 0.357 e. The van der Waals surface area contributed by atoms with Gasteiger partial charge in [-0.05, 0) is 44.2 Å². The van der Waals surface area contributed by atoms with Crippen LogP contribution < -0.4 is 9.47 Å². The molecule has 0 radical (unpaired) electrons. The van der Waals surface area contributed by atoms with Crippen molar-refractivity contribution in [2.24, 2.45) is 0 Å². The molecule has 1 aromatic heterocycles. The van der Waals surface area contributed by atoms with E-state index in [1.54, 1.807) is 49.6 Å². The summed E-state index contributed by atoms with van der Waals surface area (Å²) < 4.78 is 22.5. The molecular weight excluding hydrogens is 400 g/mol. The molecule has 1 heterocycles. The maximum Gasteiger partial charge on any atom is 0.357 e. The number of aromatic nitrogens is 2. The minimum Gasteiger partial charge on any atom is -0.493 e. The molecule has 2 aromatic carbocycles. The molecule has 0 fully saturated rings. The van der Waals surface area contributed by atoms with Gasteiger partial charge in [-0.1, -0.05) is 18.2 Å². The number of hydrogen-bond acceptors (Lipinski definition) is 7. The highest BCUT2D eigenvalue weighted by Crippen LogP contribution is 2.36. The Morgan fingerprint density at radius 2 is 1.58 bits per heavy atom. The number of carbonyl (C=O) groups is 2. The van der Waals surface area contributed by atoms with Gasteiger partial charge < -0.3 is 18.9 Å². The third-order valence-corrected chi connectivity index (χ3v) is 4.45. The quantitative estimate of drug-likeness (QED) is 0.531. The number of nitrogens with zero attached hydrogens (tertiary/aromatic N) is 2. The molecule has 0 spiro atoms. The van der Waals surface area contributed by atoms with Gasteiger partial charge in [0.1, 0.15) is 11.3 Å². The van der Waals surface area contributed by atoms with Gasteiger partial charge >= 0.3 is 11.9 Å². The Labute approximate surface area is 180 Å². The van der Waals surface area contributed by atoms with Gasteiger partial charge in [0.25, 0.3) is 0 Å². The van der Waals surface area contributed by atoms with Crippen LogP contribution in [0.2, 0.25) is 0 Å². The van der Waals surface area contributed by atoms with Crippen LogP contribution in [0.15, 0.2) is 48.5 Å². The average Bonchev–Trinajstić information content (AvgIpc) is 3.18. The van der Waals surface area contributed by atoms with Gasteiger partial charge in [0.05, 0.1) is 33.1 Å². The van der Waals surface area contributed by atoms with Gasteiger partial charge in [0, 0.05) is 5.56 Å². The first kappa shape index (κ1) is 21.9. The highest BCUT2D eigenvalue weighted by atomic mass is 16.5. The van der Waals surface area contributed by atoms with E-state index >= 15 is 0 Å². The normalized spacial score (nSPS) is 10.6. The number of rotatable bonds is 7. The van der Waals surface area contributed by atoms with Crippen molar-refractivity contribution in [3.05, 3.63) is 59.8 Å². The standard InChI is InChI=1S/C23H24N2O6/c1-14(2)31-18-13-15(11-12-17(18)28-3)20-19(22(26)29-4)21(23(27)30-5)25(24-20)16-9-7-6-8-10-16/h6-14H,1-5H3. The number of carbonyl (C=O) groups excluding carboxylic acids is 2. The fourth-order valence-electron chi connectivity index (χ4n) is 3.13. The summed E-state index contributed by atoms with van der Waals surface area (Å²) in [7, 11) is 4.03. The zero-order valence-corrected chi connectivity index (χ0v) is 18.0. The van der Waals surface area contributed by atoms with Gasteiger partial charge in [0.2, 0.25) is 0 Å². The van der Waals surface area contributed by atoms with Crippen LogP contribution in [0.3, 0.4) is 0 Å². The van der Waals surface area contributed by atoms with Crippen LogP contribution in [0.5, 0.6) is 11.5 Å². The number of methoxy groups -OCH3 is 3. The molecule has 0 aliphatic heterocycles. The van der Waals surface area contributed by atoms with Crippen LogP contribution >= 0.6 is 0 Å². The van der Waals surface area contributed by atoms with Crippen LogP contribution in [0.4, 0.5) is 0 Å². The Kier molecular flexibility index (Phi) is 6.59. The van der Waals surface area contributed by atoms with Crippen molar-refractivity contribution < 1.29 is 28.5 Å². The summed E-state index contributed by atoms with van der Waals surface area (Å²) in [5, 5.41) is 4.58. The van der Waals surface area contributed by atoms with Gasteiger partial charge in [-0.25, -0.2) is 14.3 Å². The lowest BCUT2D eigenvalue weighted by Crippen LogP contribution is -2.15. The summed E-state index contributed by atoms with van der Waals surface area (Å²) in [6.07, 6.45) is -0.100. The van der Waals surface area contributed by atoms with Crippen LogP contribution in [0.1, 0.15) is 34.7 Å². The number of ether oxygens (including phenoxy) is 4. The van der Waals surface area contributed by atoms with E-state index in [0.717, 1.165) is 0 Å². The van der Waals surface area contributed by atoms with E-state index in [9.17, 15) is 9.59 Å². The minimum atomic E-state index is -0.713. The first-order chi connectivity index (χ1) is 14.9.